The van der Waals surface area contributed by atoms with Gasteiger partial charge in [0.2, 0.25) is 10.0 Å². The molecule has 0 aliphatic carbocycles. The summed E-state index contributed by atoms with van der Waals surface area (Å²) < 4.78 is 50.3. The molecule has 0 bridgehead atoms. The third kappa shape index (κ3) is 7.71. The Morgan fingerprint density at radius 1 is 1.14 bits per heavy atom. The van der Waals surface area contributed by atoms with Crippen molar-refractivity contribution in [2.45, 2.75) is 55.7 Å². The summed E-state index contributed by atoms with van der Waals surface area (Å²) in [4.78, 5) is 16.0. The molecule has 4 rings (SSSR count). The first kappa shape index (κ1) is 31.5. The van der Waals surface area contributed by atoms with Crippen molar-refractivity contribution in [1.82, 2.24) is 9.62 Å². The fourth-order valence-corrected chi connectivity index (χ4v) is 6.78. The van der Waals surface area contributed by atoms with Crippen molar-refractivity contribution in [3.05, 3.63) is 70.6 Å². The summed E-state index contributed by atoms with van der Waals surface area (Å²) in [6, 6.07) is 13.8. The SMILES string of the molecule is COc1ccc(S(=O)(=O)N(CC(C)C)C[C@@H](O)[C@H](Cc2ccccc2)NC(=O)O[C@H]2CO[C@H]3OCC(N=[N+]=[N-])[C@H]32)cc1. The molecule has 0 spiro atoms. The number of methoxy groups -OCH3 is 1. The highest BCUT2D eigenvalue weighted by Gasteiger charge is 2.49. The maximum Gasteiger partial charge on any atom is 0.407 e. The number of nitrogens with one attached hydrogen (secondary N) is 1. The van der Waals surface area contributed by atoms with Crippen LogP contribution in [0, 0.1) is 11.8 Å². The van der Waals surface area contributed by atoms with Crippen molar-refractivity contribution in [1.29, 1.82) is 0 Å². The Morgan fingerprint density at radius 2 is 1.83 bits per heavy atom. The van der Waals surface area contributed by atoms with Crippen LogP contribution < -0.4 is 10.1 Å². The van der Waals surface area contributed by atoms with Crippen LogP contribution in [0.25, 0.3) is 10.4 Å². The second kappa shape index (κ2) is 14.2. The van der Waals surface area contributed by atoms with E-state index in [1.807, 2.05) is 44.2 Å². The molecule has 2 heterocycles. The minimum atomic E-state index is -3.99. The van der Waals surface area contributed by atoms with Crippen molar-refractivity contribution >= 4 is 16.1 Å². The third-order valence-corrected chi connectivity index (χ3v) is 9.07. The molecule has 6 atom stereocenters. The van der Waals surface area contributed by atoms with E-state index >= 15 is 0 Å². The zero-order valence-corrected chi connectivity index (χ0v) is 24.6. The van der Waals surface area contributed by atoms with Gasteiger partial charge in [0, 0.05) is 18.0 Å². The van der Waals surface area contributed by atoms with E-state index in [9.17, 15) is 18.3 Å². The van der Waals surface area contributed by atoms with Crippen LogP contribution in [0.4, 0.5) is 4.79 Å². The van der Waals surface area contributed by atoms with Crippen LogP contribution in [0.5, 0.6) is 5.75 Å². The molecule has 2 aromatic carbocycles. The van der Waals surface area contributed by atoms with Crippen LogP contribution in [0.15, 0.2) is 64.6 Å². The van der Waals surface area contributed by atoms with Gasteiger partial charge in [-0.05, 0) is 47.7 Å². The maximum absolute atomic E-state index is 13.6. The number of ether oxygens (including phenoxy) is 4. The number of nitrogens with zero attached hydrogens (tertiary/aromatic N) is 4. The van der Waals surface area contributed by atoms with E-state index in [-0.39, 0.29) is 43.5 Å². The Balaban J connectivity index is 1.52. The van der Waals surface area contributed by atoms with Crippen molar-refractivity contribution in [2.24, 2.45) is 17.0 Å². The van der Waals surface area contributed by atoms with Gasteiger partial charge in [0.25, 0.3) is 0 Å². The molecule has 2 aliphatic heterocycles. The highest BCUT2D eigenvalue weighted by Crippen LogP contribution is 2.35. The Labute approximate surface area is 245 Å². The van der Waals surface area contributed by atoms with Gasteiger partial charge >= 0.3 is 6.09 Å². The van der Waals surface area contributed by atoms with E-state index in [1.54, 1.807) is 12.1 Å². The zero-order chi connectivity index (χ0) is 30.3. The first-order valence-corrected chi connectivity index (χ1v) is 15.2. The fraction of sp³-hybridized carbons (Fsp3) is 0.536. The summed E-state index contributed by atoms with van der Waals surface area (Å²) in [5.41, 5.74) is 9.70. The summed E-state index contributed by atoms with van der Waals surface area (Å²) in [6.07, 6.45) is -3.26. The number of sulfonamides is 1. The first-order valence-electron chi connectivity index (χ1n) is 13.7. The monoisotopic (exact) mass is 603 g/mol. The lowest BCUT2D eigenvalue weighted by molar-refractivity contribution is -0.0907. The number of hydrogen-bond acceptors (Lipinski definition) is 9. The molecule has 2 aliphatic rings. The smallest absolute Gasteiger partial charge is 0.407 e. The number of alkyl carbamates (subject to hydrolysis) is 1. The molecule has 14 heteroatoms. The predicted octanol–water partition coefficient (Wildman–Crippen LogP) is 3.09. The van der Waals surface area contributed by atoms with Gasteiger partial charge in [0.15, 0.2) is 6.29 Å². The summed E-state index contributed by atoms with van der Waals surface area (Å²) in [5.74, 6) is 0.0212. The molecular weight excluding hydrogens is 566 g/mol. The van der Waals surface area contributed by atoms with Gasteiger partial charge in [-0.2, -0.15) is 4.31 Å². The summed E-state index contributed by atoms with van der Waals surface area (Å²) in [6.45, 7) is 3.87. The molecule has 2 fully saturated rings. The number of aliphatic hydroxyl groups excluding tert-OH is 1. The molecule has 1 amide bonds. The molecule has 13 nitrogen and oxygen atoms in total. The van der Waals surface area contributed by atoms with Gasteiger partial charge in [-0.25, -0.2) is 13.2 Å². The number of fused-ring (bicyclic) bond motifs is 1. The molecule has 228 valence electrons. The van der Waals surface area contributed by atoms with Crippen LogP contribution in [-0.2, 0) is 30.7 Å². The lowest BCUT2D eigenvalue weighted by atomic mass is 9.98. The lowest BCUT2D eigenvalue weighted by Gasteiger charge is -2.31. The molecule has 0 aromatic heterocycles. The molecule has 1 unspecified atom stereocenters. The second-order valence-electron chi connectivity index (χ2n) is 10.7. The Kier molecular flexibility index (Phi) is 10.7. The quantitative estimate of drug-likeness (QED) is 0.200. The predicted molar refractivity (Wildman–Crippen MR) is 152 cm³/mol. The van der Waals surface area contributed by atoms with Gasteiger partial charge < -0.3 is 29.4 Å². The van der Waals surface area contributed by atoms with Gasteiger partial charge in [-0.3, -0.25) is 0 Å². The van der Waals surface area contributed by atoms with E-state index in [1.165, 1.54) is 23.5 Å². The first-order chi connectivity index (χ1) is 20.1. The van der Waals surface area contributed by atoms with Crippen molar-refractivity contribution in [2.75, 3.05) is 33.4 Å². The Hall–Kier alpha value is -3.39. The highest BCUT2D eigenvalue weighted by atomic mass is 32.2. The number of azide groups is 1. The topological polar surface area (TPSA) is 172 Å². The average molecular weight is 604 g/mol. The summed E-state index contributed by atoms with van der Waals surface area (Å²) in [7, 11) is -2.49. The molecule has 2 N–H and O–H groups in total. The molecule has 0 radical (unpaired) electrons. The van der Waals surface area contributed by atoms with Gasteiger partial charge in [-0.1, -0.05) is 49.3 Å². The molecule has 0 saturated carbocycles. The summed E-state index contributed by atoms with van der Waals surface area (Å²) in [5, 5.41) is 17.9. The maximum atomic E-state index is 13.6. The van der Waals surface area contributed by atoms with E-state index < -0.39 is 52.6 Å². The van der Waals surface area contributed by atoms with Gasteiger partial charge in [0.05, 0.1) is 49.3 Å². The van der Waals surface area contributed by atoms with E-state index in [4.69, 9.17) is 24.5 Å². The molecule has 2 saturated heterocycles. The van der Waals surface area contributed by atoms with Crippen LogP contribution in [0.2, 0.25) is 0 Å². The number of hydrogen-bond donors (Lipinski definition) is 2. The largest absolute Gasteiger partial charge is 0.497 e. The van der Waals surface area contributed by atoms with E-state index in [2.05, 4.69) is 15.3 Å². The van der Waals surface area contributed by atoms with Crippen LogP contribution in [0.1, 0.15) is 19.4 Å². The minimum absolute atomic E-state index is 0.0383. The van der Waals surface area contributed by atoms with Crippen molar-refractivity contribution < 1.29 is 37.3 Å². The van der Waals surface area contributed by atoms with Gasteiger partial charge in [-0.15, -0.1) is 0 Å². The van der Waals surface area contributed by atoms with Crippen LogP contribution in [0.3, 0.4) is 0 Å². The fourth-order valence-electron chi connectivity index (χ4n) is 5.15. The molecule has 2 aromatic rings. The molecular formula is C28H37N5O8S. The number of amides is 1. The molecule has 42 heavy (non-hydrogen) atoms. The number of carbonyl (C=O) groups excluding carboxylic acids is 1. The normalized spacial score (nSPS) is 23.2. The standard InChI is InChI=1S/C28H37N5O8S/c1-18(2)14-33(42(36,37)21-11-9-20(38-3)10-12-21)15-24(34)22(13-19-7-5-4-6-8-19)30-28(35)41-25-17-40-27-26(25)23(16-39-27)31-32-29/h4-12,18,22-27,34H,13-17H2,1-3H3,(H,30,35)/t22-,23?,24+,25-,26-,27+/m0/s1. The van der Waals surface area contributed by atoms with Crippen molar-refractivity contribution in [3.8, 4) is 5.75 Å². The number of rotatable bonds is 13. The zero-order valence-electron chi connectivity index (χ0n) is 23.8. The summed E-state index contributed by atoms with van der Waals surface area (Å²) >= 11 is 0. The highest BCUT2D eigenvalue weighted by molar-refractivity contribution is 7.89. The van der Waals surface area contributed by atoms with Crippen LogP contribution >= 0.6 is 0 Å². The Morgan fingerprint density at radius 3 is 2.48 bits per heavy atom. The van der Waals surface area contributed by atoms with Gasteiger partial charge in [0.1, 0.15) is 11.9 Å². The second-order valence-corrected chi connectivity index (χ2v) is 12.7. The number of aliphatic hydroxyl groups is 1. The van der Waals surface area contributed by atoms with Crippen LogP contribution in [-0.4, -0.2) is 87.9 Å². The minimum Gasteiger partial charge on any atom is -0.497 e. The van der Waals surface area contributed by atoms with E-state index in [0.29, 0.717) is 5.75 Å². The van der Waals surface area contributed by atoms with Crippen molar-refractivity contribution in [3.63, 3.8) is 0 Å². The Bertz CT molecular complexity index is 1340. The third-order valence-electron chi connectivity index (χ3n) is 7.23. The average Bonchev–Trinajstić information content (AvgIpc) is 3.56. The number of carbonyl (C=O) groups is 1. The lowest BCUT2D eigenvalue weighted by Crippen LogP contribution is -2.52. The number of benzene rings is 2. The van der Waals surface area contributed by atoms with E-state index in [0.717, 1.165) is 5.56 Å².